The van der Waals surface area contributed by atoms with Gasteiger partial charge in [0, 0.05) is 17.7 Å². The SMILES string of the molecule is O=C(NCCc1ccccc1)c1ccc2c(c1)COc1cncnc1-2. The molecule has 4 rings (SSSR count). The fourth-order valence-electron chi connectivity index (χ4n) is 2.93. The smallest absolute Gasteiger partial charge is 0.251 e. The third-order valence-electron chi connectivity index (χ3n) is 4.23. The van der Waals surface area contributed by atoms with Gasteiger partial charge in [-0.15, -0.1) is 0 Å². The van der Waals surface area contributed by atoms with Gasteiger partial charge in [0.1, 0.15) is 18.6 Å². The first-order chi connectivity index (χ1) is 12.3. The number of carbonyl (C=O) groups excluding carboxylic acids is 1. The molecule has 0 fully saturated rings. The number of benzene rings is 2. The summed E-state index contributed by atoms with van der Waals surface area (Å²) in [6.45, 7) is 1.02. The number of rotatable bonds is 4. The van der Waals surface area contributed by atoms with Crippen LogP contribution in [-0.2, 0) is 13.0 Å². The molecule has 0 saturated carbocycles. The Hall–Kier alpha value is -3.21. The molecule has 2 heterocycles. The number of hydrogen-bond acceptors (Lipinski definition) is 4. The molecule has 0 saturated heterocycles. The lowest BCUT2D eigenvalue weighted by Crippen LogP contribution is -2.26. The van der Waals surface area contributed by atoms with Gasteiger partial charge in [0.15, 0.2) is 5.75 Å². The van der Waals surface area contributed by atoms with Crippen LogP contribution >= 0.6 is 0 Å². The van der Waals surface area contributed by atoms with E-state index in [1.807, 2.05) is 36.4 Å². The van der Waals surface area contributed by atoms with Gasteiger partial charge in [0.05, 0.1) is 6.20 Å². The molecular weight excluding hydrogens is 314 g/mol. The molecule has 0 aliphatic carbocycles. The molecule has 3 aromatic rings. The number of fused-ring (bicyclic) bond motifs is 3. The van der Waals surface area contributed by atoms with Gasteiger partial charge in [0.2, 0.25) is 0 Å². The zero-order chi connectivity index (χ0) is 17.1. The summed E-state index contributed by atoms with van der Waals surface area (Å²) in [7, 11) is 0. The molecule has 2 aromatic carbocycles. The van der Waals surface area contributed by atoms with E-state index in [0.29, 0.717) is 24.5 Å². The summed E-state index contributed by atoms with van der Waals surface area (Å²) in [6.07, 6.45) is 3.97. The summed E-state index contributed by atoms with van der Waals surface area (Å²) in [6, 6.07) is 15.7. The van der Waals surface area contributed by atoms with Crippen molar-refractivity contribution in [2.75, 3.05) is 6.54 Å². The van der Waals surface area contributed by atoms with Crippen LogP contribution in [0.15, 0.2) is 61.1 Å². The lowest BCUT2D eigenvalue weighted by Gasteiger charge is -2.19. The number of aromatic nitrogens is 2. The largest absolute Gasteiger partial charge is 0.485 e. The molecule has 0 bridgehead atoms. The van der Waals surface area contributed by atoms with Crippen molar-refractivity contribution in [3.8, 4) is 17.0 Å². The Kier molecular flexibility index (Phi) is 4.12. The van der Waals surface area contributed by atoms with Crippen molar-refractivity contribution < 1.29 is 9.53 Å². The minimum Gasteiger partial charge on any atom is -0.485 e. The fraction of sp³-hybridized carbons (Fsp3) is 0.150. The summed E-state index contributed by atoms with van der Waals surface area (Å²) in [4.78, 5) is 20.6. The van der Waals surface area contributed by atoms with Gasteiger partial charge >= 0.3 is 0 Å². The van der Waals surface area contributed by atoms with Gasteiger partial charge in [-0.1, -0.05) is 36.4 Å². The van der Waals surface area contributed by atoms with Gasteiger partial charge in [-0.05, 0) is 29.7 Å². The molecule has 5 nitrogen and oxygen atoms in total. The lowest BCUT2D eigenvalue weighted by molar-refractivity contribution is 0.0954. The van der Waals surface area contributed by atoms with E-state index in [2.05, 4.69) is 27.4 Å². The van der Waals surface area contributed by atoms with Crippen LogP contribution in [-0.4, -0.2) is 22.4 Å². The highest BCUT2D eigenvalue weighted by Gasteiger charge is 2.20. The molecule has 5 heteroatoms. The third kappa shape index (κ3) is 3.21. The lowest BCUT2D eigenvalue weighted by atomic mass is 9.99. The Morgan fingerprint density at radius 3 is 2.92 bits per heavy atom. The average molecular weight is 331 g/mol. The van der Waals surface area contributed by atoms with E-state index in [9.17, 15) is 4.79 Å². The maximum absolute atomic E-state index is 12.4. The Labute approximate surface area is 145 Å². The van der Waals surface area contributed by atoms with E-state index < -0.39 is 0 Å². The number of nitrogens with zero attached hydrogens (tertiary/aromatic N) is 2. The second-order valence-electron chi connectivity index (χ2n) is 5.89. The van der Waals surface area contributed by atoms with E-state index >= 15 is 0 Å². The maximum Gasteiger partial charge on any atom is 0.251 e. The number of ether oxygens (including phenoxy) is 1. The highest BCUT2D eigenvalue weighted by atomic mass is 16.5. The average Bonchev–Trinajstić information content (AvgIpc) is 2.68. The molecule has 1 N–H and O–H groups in total. The van der Waals surface area contributed by atoms with Crippen molar-refractivity contribution in [3.05, 3.63) is 77.7 Å². The number of nitrogens with one attached hydrogen (secondary N) is 1. The number of hydrogen-bond donors (Lipinski definition) is 1. The Morgan fingerprint density at radius 1 is 1.16 bits per heavy atom. The molecule has 25 heavy (non-hydrogen) atoms. The Balaban J connectivity index is 1.46. The summed E-state index contributed by atoms with van der Waals surface area (Å²) >= 11 is 0. The van der Waals surface area contributed by atoms with Crippen LogP contribution in [0.3, 0.4) is 0 Å². The first kappa shape index (κ1) is 15.3. The van der Waals surface area contributed by atoms with Gasteiger partial charge in [-0.25, -0.2) is 9.97 Å². The predicted molar refractivity (Wildman–Crippen MR) is 94.3 cm³/mol. The van der Waals surface area contributed by atoms with Crippen LogP contribution in [0.1, 0.15) is 21.5 Å². The van der Waals surface area contributed by atoms with Crippen LogP contribution in [0.2, 0.25) is 0 Å². The minimum absolute atomic E-state index is 0.0767. The molecule has 0 atom stereocenters. The first-order valence-electron chi connectivity index (χ1n) is 8.19. The van der Waals surface area contributed by atoms with Crippen LogP contribution in [0.4, 0.5) is 0 Å². The van der Waals surface area contributed by atoms with Gasteiger partial charge in [-0.3, -0.25) is 4.79 Å². The fourth-order valence-corrected chi connectivity index (χ4v) is 2.93. The first-order valence-corrected chi connectivity index (χ1v) is 8.19. The van der Waals surface area contributed by atoms with Crippen molar-refractivity contribution in [1.82, 2.24) is 15.3 Å². The van der Waals surface area contributed by atoms with E-state index in [1.54, 1.807) is 6.20 Å². The van der Waals surface area contributed by atoms with Crippen LogP contribution in [0.5, 0.6) is 5.75 Å². The molecular formula is C20H17N3O2. The van der Waals surface area contributed by atoms with Crippen LogP contribution in [0.25, 0.3) is 11.3 Å². The standard InChI is InChI=1S/C20H17N3O2/c24-20(22-9-8-14-4-2-1-3-5-14)15-6-7-17-16(10-15)12-25-18-11-21-13-23-19(17)18/h1-7,10-11,13H,8-9,12H2,(H,22,24). The molecule has 0 radical (unpaired) electrons. The molecule has 1 amide bonds. The topological polar surface area (TPSA) is 64.1 Å². The van der Waals surface area contributed by atoms with Crippen LogP contribution < -0.4 is 10.1 Å². The molecule has 1 aromatic heterocycles. The van der Waals surface area contributed by atoms with Crippen molar-refractivity contribution in [2.45, 2.75) is 13.0 Å². The molecule has 0 spiro atoms. The van der Waals surface area contributed by atoms with E-state index in [4.69, 9.17) is 4.74 Å². The molecule has 124 valence electrons. The van der Waals surface area contributed by atoms with E-state index in [0.717, 1.165) is 23.2 Å². The zero-order valence-corrected chi connectivity index (χ0v) is 13.6. The Morgan fingerprint density at radius 2 is 2.04 bits per heavy atom. The predicted octanol–water partition coefficient (Wildman–Crippen LogP) is 3.01. The van der Waals surface area contributed by atoms with E-state index in [-0.39, 0.29) is 5.91 Å². The summed E-state index contributed by atoms with van der Waals surface area (Å²) in [5.74, 6) is 0.599. The van der Waals surface area contributed by atoms with Crippen LogP contribution in [0, 0.1) is 0 Å². The summed E-state index contributed by atoms with van der Waals surface area (Å²) in [5.41, 5.74) is 4.56. The quantitative estimate of drug-likeness (QED) is 0.798. The van der Waals surface area contributed by atoms with Gasteiger partial charge < -0.3 is 10.1 Å². The molecule has 0 unspecified atom stereocenters. The molecule has 1 aliphatic heterocycles. The monoisotopic (exact) mass is 331 g/mol. The number of amides is 1. The summed E-state index contributed by atoms with van der Waals surface area (Å²) in [5, 5.41) is 2.97. The highest BCUT2D eigenvalue weighted by Crippen LogP contribution is 2.35. The van der Waals surface area contributed by atoms with Gasteiger partial charge in [0.25, 0.3) is 5.91 Å². The van der Waals surface area contributed by atoms with Crippen molar-refractivity contribution >= 4 is 5.91 Å². The molecule has 1 aliphatic rings. The second-order valence-corrected chi connectivity index (χ2v) is 5.89. The second kappa shape index (κ2) is 6.73. The maximum atomic E-state index is 12.4. The Bertz CT molecular complexity index is 910. The van der Waals surface area contributed by atoms with Crippen molar-refractivity contribution in [1.29, 1.82) is 0 Å². The van der Waals surface area contributed by atoms with Crippen molar-refractivity contribution in [3.63, 3.8) is 0 Å². The highest BCUT2D eigenvalue weighted by molar-refractivity contribution is 5.95. The van der Waals surface area contributed by atoms with Crippen molar-refractivity contribution in [2.24, 2.45) is 0 Å². The van der Waals surface area contributed by atoms with Gasteiger partial charge in [-0.2, -0.15) is 0 Å². The zero-order valence-electron chi connectivity index (χ0n) is 13.6. The minimum atomic E-state index is -0.0767. The third-order valence-corrected chi connectivity index (χ3v) is 4.23. The summed E-state index contributed by atoms with van der Waals surface area (Å²) < 4.78 is 5.67. The number of carbonyl (C=O) groups is 1. The van der Waals surface area contributed by atoms with E-state index in [1.165, 1.54) is 11.9 Å². The normalized spacial score (nSPS) is 11.8.